The molecule has 136 valence electrons. The summed E-state index contributed by atoms with van der Waals surface area (Å²) in [6.45, 7) is 4.92. The van der Waals surface area contributed by atoms with Gasteiger partial charge in [-0.1, -0.05) is 29.8 Å². The van der Waals surface area contributed by atoms with E-state index in [2.05, 4.69) is 14.8 Å². The van der Waals surface area contributed by atoms with Crippen LogP contribution in [0.3, 0.4) is 0 Å². The van der Waals surface area contributed by atoms with Crippen molar-refractivity contribution < 1.29 is 13.2 Å². The molecule has 0 saturated carbocycles. The van der Waals surface area contributed by atoms with E-state index in [0.717, 1.165) is 5.56 Å². The lowest BCUT2D eigenvalue weighted by Crippen LogP contribution is -2.14. The van der Waals surface area contributed by atoms with Crippen molar-refractivity contribution in [1.29, 1.82) is 0 Å². The molecule has 1 heterocycles. The van der Waals surface area contributed by atoms with Gasteiger partial charge in [0.1, 0.15) is 12.1 Å². The molecule has 8 heteroatoms. The highest BCUT2D eigenvalue weighted by atomic mass is 32.2. The first-order valence-electron chi connectivity index (χ1n) is 8.17. The van der Waals surface area contributed by atoms with Gasteiger partial charge >= 0.3 is 0 Å². The number of nitrogens with zero attached hydrogens (tertiary/aromatic N) is 3. The van der Waals surface area contributed by atoms with E-state index in [1.807, 2.05) is 38.1 Å². The average Bonchev–Trinajstić information content (AvgIpc) is 3.04. The predicted molar refractivity (Wildman–Crippen MR) is 98.7 cm³/mol. The zero-order chi connectivity index (χ0) is 18.6. The van der Waals surface area contributed by atoms with Crippen LogP contribution in [0, 0.1) is 6.92 Å². The molecule has 26 heavy (non-hydrogen) atoms. The lowest BCUT2D eigenvalue weighted by Gasteiger charge is -2.06. The highest BCUT2D eigenvalue weighted by Crippen LogP contribution is 2.18. The van der Waals surface area contributed by atoms with Gasteiger partial charge in [0.2, 0.25) is 0 Å². The molecule has 0 unspecified atom stereocenters. The molecule has 0 spiro atoms. The number of ether oxygens (including phenoxy) is 1. The third-order valence-electron chi connectivity index (χ3n) is 3.67. The molecule has 0 radical (unpaired) electrons. The highest BCUT2D eigenvalue weighted by Gasteiger charge is 2.16. The third kappa shape index (κ3) is 4.40. The van der Waals surface area contributed by atoms with Crippen molar-refractivity contribution in [2.45, 2.75) is 25.3 Å². The Labute approximate surface area is 152 Å². The fourth-order valence-corrected chi connectivity index (χ4v) is 3.31. The summed E-state index contributed by atoms with van der Waals surface area (Å²) in [6.07, 6.45) is 1.50. The van der Waals surface area contributed by atoms with Crippen molar-refractivity contribution >= 4 is 16.0 Å². The molecular formula is C18H20N4O3S. The zero-order valence-corrected chi connectivity index (χ0v) is 15.4. The first kappa shape index (κ1) is 17.9. The second-order valence-corrected chi connectivity index (χ2v) is 7.44. The monoisotopic (exact) mass is 372 g/mol. The topological polar surface area (TPSA) is 86.1 Å². The van der Waals surface area contributed by atoms with Crippen LogP contribution in [0.5, 0.6) is 5.75 Å². The molecule has 1 N–H and O–H groups in total. The summed E-state index contributed by atoms with van der Waals surface area (Å²) in [4.78, 5) is 4.15. The van der Waals surface area contributed by atoms with Crippen LogP contribution in [-0.2, 0) is 16.6 Å². The van der Waals surface area contributed by atoms with Gasteiger partial charge in [0.05, 0.1) is 18.0 Å². The van der Waals surface area contributed by atoms with Crippen LogP contribution in [-0.4, -0.2) is 29.8 Å². The molecule has 3 rings (SSSR count). The minimum atomic E-state index is -3.75. The Morgan fingerprint density at radius 3 is 2.42 bits per heavy atom. The number of aryl methyl sites for hydroxylation is 1. The summed E-state index contributed by atoms with van der Waals surface area (Å²) in [5.41, 5.74) is 2.23. The van der Waals surface area contributed by atoms with Gasteiger partial charge in [-0.05, 0) is 43.7 Å². The first-order valence-corrected chi connectivity index (χ1v) is 9.65. The number of nitrogens with one attached hydrogen (secondary N) is 1. The standard InChI is InChI=1S/C18H20N4O3S/c1-3-25-16-8-10-17(11-9-16)26(23,24)21-18-19-13-22(20-18)12-15-6-4-14(2)5-7-15/h4-11,13H,3,12H2,1-2H3,(H,20,21). The van der Waals surface area contributed by atoms with E-state index in [4.69, 9.17) is 4.74 Å². The largest absolute Gasteiger partial charge is 0.494 e. The van der Waals surface area contributed by atoms with Gasteiger partial charge in [-0.2, -0.15) is 4.98 Å². The van der Waals surface area contributed by atoms with Gasteiger partial charge in [-0.3, -0.25) is 0 Å². The number of benzene rings is 2. The van der Waals surface area contributed by atoms with Crippen molar-refractivity contribution in [1.82, 2.24) is 14.8 Å². The Bertz CT molecular complexity index is 964. The zero-order valence-electron chi connectivity index (χ0n) is 14.6. The minimum absolute atomic E-state index is 0.0333. The van der Waals surface area contributed by atoms with Crippen molar-refractivity contribution in [3.63, 3.8) is 0 Å². The van der Waals surface area contributed by atoms with Gasteiger partial charge in [0.15, 0.2) is 0 Å². The molecule has 7 nitrogen and oxygen atoms in total. The van der Waals surface area contributed by atoms with E-state index in [-0.39, 0.29) is 10.8 Å². The Kier molecular flexibility index (Phi) is 5.22. The molecule has 2 aromatic carbocycles. The molecule has 0 amide bonds. The Morgan fingerprint density at radius 2 is 1.77 bits per heavy atom. The van der Waals surface area contributed by atoms with E-state index in [1.54, 1.807) is 16.8 Å². The van der Waals surface area contributed by atoms with Gasteiger partial charge in [0.25, 0.3) is 16.0 Å². The normalized spacial score (nSPS) is 11.3. The summed E-state index contributed by atoms with van der Waals surface area (Å²) in [6, 6.07) is 14.2. The molecule has 0 bridgehead atoms. The molecular weight excluding hydrogens is 352 g/mol. The first-order chi connectivity index (χ1) is 12.5. The summed E-state index contributed by atoms with van der Waals surface area (Å²) in [7, 11) is -3.75. The number of hydrogen-bond donors (Lipinski definition) is 1. The van der Waals surface area contributed by atoms with Crippen molar-refractivity contribution in [2.24, 2.45) is 0 Å². The smallest absolute Gasteiger partial charge is 0.264 e. The van der Waals surface area contributed by atoms with Crippen LogP contribution >= 0.6 is 0 Å². The fourth-order valence-electron chi connectivity index (χ4n) is 2.36. The summed E-state index contributed by atoms with van der Waals surface area (Å²) in [5, 5.41) is 4.18. The maximum Gasteiger partial charge on any atom is 0.264 e. The summed E-state index contributed by atoms with van der Waals surface area (Å²) < 4.78 is 34.2. The molecule has 0 aliphatic rings. The number of hydrogen-bond acceptors (Lipinski definition) is 5. The van der Waals surface area contributed by atoms with Crippen LogP contribution in [0.1, 0.15) is 18.1 Å². The average molecular weight is 372 g/mol. The van der Waals surface area contributed by atoms with Crippen molar-refractivity contribution in [3.8, 4) is 5.75 Å². The lowest BCUT2D eigenvalue weighted by atomic mass is 10.1. The van der Waals surface area contributed by atoms with E-state index < -0.39 is 10.0 Å². The number of rotatable bonds is 7. The van der Waals surface area contributed by atoms with Crippen LogP contribution in [0.15, 0.2) is 59.8 Å². The maximum absolute atomic E-state index is 12.4. The summed E-state index contributed by atoms with van der Waals surface area (Å²) >= 11 is 0. The molecule has 0 aliphatic carbocycles. The Hall–Kier alpha value is -2.87. The van der Waals surface area contributed by atoms with Crippen LogP contribution in [0.2, 0.25) is 0 Å². The molecule has 0 fully saturated rings. The number of aromatic nitrogens is 3. The second-order valence-electron chi connectivity index (χ2n) is 5.76. The van der Waals surface area contributed by atoms with Gasteiger partial charge < -0.3 is 4.74 Å². The van der Waals surface area contributed by atoms with Gasteiger partial charge in [-0.15, -0.1) is 5.10 Å². The Balaban J connectivity index is 1.70. The quantitative estimate of drug-likeness (QED) is 0.689. The van der Waals surface area contributed by atoms with E-state index in [1.165, 1.54) is 24.0 Å². The molecule has 0 saturated heterocycles. The van der Waals surface area contributed by atoms with Crippen molar-refractivity contribution in [2.75, 3.05) is 11.3 Å². The third-order valence-corrected chi connectivity index (χ3v) is 5.02. The minimum Gasteiger partial charge on any atom is -0.494 e. The van der Waals surface area contributed by atoms with E-state index >= 15 is 0 Å². The van der Waals surface area contributed by atoms with Gasteiger partial charge in [-0.25, -0.2) is 17.8 Å². The van der Waals surface area contributed by atoms with Crippen LogP contribution < -0.4 is 9.46 Å². The fraction of sp³-hybridized carbons (Fsp3) is 0.222. The molecule has 3 aromatic rings. The van der Waals surface area contributed by atoms with Crippen LogP contribution in [0.25, 0.3) is 0 Å². The van der Waals surface area contributed by atoms with E-state index in [9.17, 15) is 8.42 Å². The lowest BCUT2D eigenvalue weighted by molar-refractivity contribution is 0.340. The SMILES string of the molecule is CCOc1ccc(S(=O)(=O)Nc2ncn(Cc3ccc(C)cc3)n2)cc1. The molecule has 0 aliphatic heterocycles. The summed E-state index contributed by atoms with van der Waals surface area (Å²) in [5.74, 6) is 0.651. The molecule has 0 atom stereocenters. The molecule has 1 aromatic heterocycles. The Morgan fingerprint density at radius 1 is 1.08 bits per heavy atom. The predicted octanol–water partition coefficient (Wildman–Crippen LogP) is 2.83. The number of sulfonamides is 1. The van der Waals surface area contributed by atoms with E-state index in [0.29, 0.717) is 18.9 Å². The highest BCUT2D eigenvalue weighted by molar-refractivity contribution is 7.92. The van der Waals surface area contributed by atoms with Crippen molar-refractivity contribution in [3.05, 3.63) is 66.0 Å². The second kappa shape index (κ2) is 7.57. The van der Waals surface area contributed by atoms with Gasteiger partial charge in [0, 0.05) is 0 Å². The maximum atomic E-state index is 12.4. The van der Waals surface area contributed by atoms with Crippen LogP contribution in [0.4, 0.5) is 5.95 Å². The number of anilines is 1.